The zero-order chi connectivity index (χ0) is 17.7. The number of nitrogens with one attached hydrogen (secondary N) is 3. The number of rotatable bonds is 3. The van der Waals surface area contributed by atoms with Crippen molar-refractivity contribution in [3.05, 3.63) is 11.8 Å². The van der Waals surface area contributed by atoms with Gasteiger partial charge in [-0.25, -0.2) is 0 Å². The van der Waals surface area contributed by atoms with E-state index in [0.717, 1.165) is 41.3 Å². The summed E-state index contributed by atoms with van der Waals surface area (Å²) in [5.41, 5.74) is 2.19. The Hall–Kier alpha value is -1.82. The van der Waals surface area contributed by atoms with Gasteiger partial charge in [-0.2, -0.15) is 9.97 Å². The van der Waals surface area contributed by atoms with Crippen molar-refractivity contribution in [2.75, 3.05) is 24.3 Å². The molecule has 2 aromatic heterocycles. The Morgan fingerprint density at radius 3 is 2.33 bits per heavy atom. The molecule has 3 rings (SSSR count). The summed E-state index contributed by atoms with van der Waals surface area (Å²) >= 11 is 0. The highest BCUT2D eigenvalue weighted by molar-refractivity contribution is 5.89. The van der Waals surface area contributed by atoms with E-state index in [1.54, 1.807) is 0 Å². The number of hydrogen-bond donors (Lipinski definition) is 3. The van der Waals surface area contributed by atoms with Crippen LogP contribution in [-0.4, -0.2) is 46.2 Å². The number of H-pyrrole nitrogens is 1. The first-order chi connectivity index (χ1) is 11.0. The molecular weight excluding hydrogens is 300 g/mol. The zero-order valence-electron chi connectivity index (χ0n) is 15.9. The zero-order valence-corrected chi connectivity index (χ0v) is 15.9. The van der Waals surface area contributed by atoms with Gasteiger partial charge in [-0.1, -0.05) is 0 Å². The van der Waals surface area contributed by atoms with Crippen LogP contribution in [-0.2, 0) is 0 Å². The van der Waals surface area contributed by atoms with Crippen molar-refractivity contribution in [2.24, 2.45) is 0 Å². The summed E-state index contributed by atoms with van der Waals surface area (Å²) in [6.07, 6.45) is 2.12. The molecule has 132 valence electrons. The summed E-state index contributed by atoms with van der Waals surface area (Å²) < 4.78 is 0. The number of aryl methyl sites for hydroxylation is 1. The first kappa shape index (κ1) is 17.0. The first-order valence-electron chi connectivity index (χ1n) is 8.65. The number of fused-ring (bicyclic) bond motifs is 1. The molecule has 0 bridgehead atoms. The lowest BCUT2D eigenvalue weighted by Crippen LogP contribution is -2.60. The molecule has 0 radical (unpaired) electrons. The Balaban J connectivity index is 1.97. The predicted molar refractivity (Wildman–Crippen MR) is 101 cm³/mol. The molecule has 2 aromatic rings. The van der Waals surface area contributed by atoms with Crippen LogP contribution in [0.4, 0.5) is 11.8 Å². The fourth-order valence-corrected chi connectivity index (χ4v) is 4.06. The summed E-state index contributed by atoms with van der Waals surface area (Å²) in [6, 6.07) is 2.49. The predicted octanol–water partition coefficient (Wildman–Crippen LogP) is 3.05. The van der Waals surface area contributed by atoms with Crippen molar-refractivity contribution >= 4 is 22.8 Å². The summed E-state index contributed by atoms with van der Waals surface area (Å²) in [6.45, 7) is 11.1. The highest BCUT2D eigenvalue weighted by Gasteiger charge is 2.37. The van der Waals surface area contributed by atoms with Gasteiger partial charge in [0.25, 0.3) is 0 Å². The molecule has 1 aliphatic heterocycles. The second kappa shape index (κ2) is 5.62. The second-order valence-electron chi connectivity index (χ2n) is 8.62. The molecule has 0 atom stereocenters. The molecule has 0 aliphatic carbocycles. The van der Waals surface area contributed by atoms with E-state index in [1.165, 1.54) is 0 Å². The van der Waals surface area contributed by atoms with E-state index in [-0.39, 0.29) is 11.1 Å². The Morgan fingerprint density at radius 1 is 1.12 bits per heavy atom. The van der Waals surface area contributed by atoms with Gasteiger partial charge in [0.1, 0.15) is 11.5 Å². The van der Waals surface area contributed by atoms with Crippen molar-refractivity contribution in [2.45, 2.75) is 64.6 Å². The molecule has 0 amide bonds. The average molecular weight is 330 g/mol. The Labute approximate surface area is 144 Å². The fraction of sp³-hybridized carbons (Fsp3) is 0.667. The van der Waals surface area contributed by atoms with Crippen LogP contribution in [0.1, 0.15) is 46.2 Å². The summed E-state index contributed by atoms with van der Waals surface area (Å²) in [7, 11) is 3.94. The number of nitrogens with zero attached hydrogens (tertiary/aromatic N) is 3. The minimum absolute atomic E-state index is 0.101. The maximum atomic E-state index is 4.77. The van der Waals surface area contributed by atoms with Crippen molar-refractivity contribution < 1.29 is 0 Å². The molecule has 0 aromatic carbocycles. The molecule has 1 fully saturated rings. The molecule has 6 heteroatoms. The normalized spacial score (nSPS) is 20.3. The molecule has 3 N–H and O–H groups in total. The van der Waals surface area contributed by atoms with Gasteiger partial charge in [0.2, 0.25) is 5.95 Å². The molecule has 1 aliphatic rings. The van der Waals surface area contributed by atoms with E-state index in [1.807, 2.05) is 19.0 Å². The Morgan fingerprint density at radius 2 is 1.75 bits per heavy atom. The Bertz CT molecular complexity index is 727. The van der Waals surface area contributed by atoms with Gasteiger partial charge in [0.05, 0.1) is 5.39 Å². The van der Waals surface area contributed by atoms with E-state index in [4.69, 9.17) is 4.98 Å². The van der Waals surface area contributed by atoms with Crippen LogP contribution in [0.3, 0.4) is 0 Å². The third-order valence-corrected chi connectivity index (χ3v) is 4.54. The molecule has 6 nitrogen and oxygen atoms in total. The minimum Gasteiger partial charge on any atom is -0.366 e. The van der Waals surface area contributed by atoms with Crippen LogP contribution < -0.4 is 15.5 Å². The second-order valence-corrected chi connectivity index (χ2v) is 8.62. The van der Waals surface area contributed by atoms with Crippen LogP contribution in [0.15, 0.2) is 6.07 Å². The van der Waals surface area contributed by atoms with E-state index in [0.29, 0.717) is 6.04 Å². The van der Waals surface area contributed by atoms with E-state index >= 15 is 0 Å². The van der Waals surface area contributed by atoms with Crippen LogP contribution in [0.25, 0.3) is 11.0 Å². The van der Waals surface area contributed by atoms with Crippen molar-refractivity contribution in [1.29, 1.82) is 0 Å². The van der Waals surface area contributed by atoms with Gasteiger partial charge in [-0.3, -0.25) is 0 Å². The number of piperidine rings is 1. The quantitative estimate of drug-likeness (QED) is 0.807. The van der Waals surface area contributed by atoms with Crippen LogP contribution in [0, 0.1) is 6.92 Å². The highest BCUT2D eigenvalue weighted by atomic mass is 15.2. The molecule has 3 heterocycles. The fourth-order valence-electron chi connectivity index (χ4n) is 4.06. The van der Waals surface area contributed by atoms with E-state index < -0.39 is 0 Å². The van der Waals surface area contributed by atoms with E-state index in [2.05, 4.69) is 61.3 Å². The van der Waals surface area contributed by atoms with Gasteiger partial charge in [0.15, 0.2) is 0 Å². The molecule has 0 unspecified atom stereocenters. The highest BCUT2D eigenvalue weighted by Crippen LogP contribution is 2.32. The maximum Gasteiger partial charge on any atom is 0.228 e. The van der Waals surface area contributed by atoms with Crippen molar-refractivity contribution in [3.8, 4) is 0 Å². The number of aromatic amines is 1. The lowest BCUT2D eigenvalue weighted by Gasteiger charge is -2.46. The number of anilines is 2. The van der Waals surface area contributed by atoms with Crippen LogP contribution in [0.5, 0.6) is 0 Å². The average Bonchev–Trinajstić information content (AvgIpc) is 2.75. The molecular formula is C18H30N6. The third-order valence-electron chi connectivity index (χ3n) is 4.54. The SMILES string of the molecule is Cc1cc2c(NC3CC(C)(C)NC(C)(C)C3)nc(N(C)C)nc2[nH]1. The van der Waals surface area contributed by atoms with Gasteiger partial charge < -0.3 is 20.5 Å². The van der Waals surface area contributed by atoms with Crippen molar-refractivity contribution in [1.82, 2.24) is 20.3 Å². The lowest BCUT2D eigenvalue weighted by molar-refractivity contribution is 0.170. The van der Waals surface area contributed by atoms with E-state index in [9.17, 15) is 0 Å². The van der Waals surface area contributed by atoms with Crippen LogP contribution >= 0.6 is 0 Å². The first-order valence-corrected chi connectivity index (χ1v) is 8.65. The molecule has 0 spiro atoms. The molecule has 0 saturated carbocycles. The van der Waals surface area contributed by atoms with Crippen molar-refractivity contribution in [3.63, 3.8) is 0 Å². The Kier molecular flexibility index (Phi) is 3.98. The summed E-state index contributed by atoms with van der Waals surface area (Å²) in [5, 5.41) is 8.50. The lowest BCUT2D eigenvalue weighted by atomic mass is 9.79. The van der Waals surface area contributed by atoms with Crippen LogP contribution in [0.2, 0.25) is 0 Å². The molecule has 24 heavy (non-hydrogen) atoms. The monoisotopic (exact) mass is 330 g/mol. The number of aromatic nitrogens is 3. The summed E-state index contributed by atoms with van der Waals surface area (Å²) in [5.74, 6) is 1.64. The van der Waals surface area contributed by atoms with Gasteiger partial charge in [-0.15, -0.1) is 0 Å². The number of hydrogen-bond acceptors (Lipinski definition) is 5. The minimum atomic E-state index is 0.101. The standard InChI is InChI=1S/C18H30N6/c1-11-8-13-14(19-11)21-16(24(6)7)22-15(13)20-12-9-17(2,3)23-18(4,5)10-12/h8,12,23H,9-10H2,1-7H3,(H2,19,20,21,22). The van der Waals surface area contributed by atoms with Gasteiger partial charge >= 0.3 is 0 Å². The van der Waals surface area contributed by atoms with Gasteiger partial charge in [0, 0.05) is 36.9 Å². The molecule has 1 saturated heterocycles. The third kappa shape index (κ3) is 3.48. The summed E-state index contributed by atoms with van der Waals surface area (Å²) in [4.78, 5) is 14.7. The largest absolute Gasteiger partial charge is 0.366 e. The van der Waals surface area contributed by atoms with Gasteiger partial charge in [-0.05, 0) is 53.5 Å². The smallest absolute Gasteiger partial charge is 0.228 e. The maximum absolute atomic E-state index is 4.77. The topological polar surface area (TPSA) is 68.9 Å².